The molecule has 2 rings (SSSR count). The zero-order valence-electron chi connectivity index (χ0n) is 11.1. The highest BCUT2D eigenvalue weighted by atomic mass is 16.5. The highest BCUT2D eigenvalue weighted by molar-refractivity contribution is 5.79. The monoisotopic (exact) mass is 256 g/mol. The predicted molar refractivity (Wildman–Crippen MR) is 68.4 cm³/mol. The zero-order chi connectivity index (χ0) is 13.2. The number of rotatable bonds is 4. The first kappa shape index (κ1) is 13.8. The van der Waals surface area contributed by atoms with E-state index in [0.29, 0.717) is 24.8 Å². The molecule has 2 aliphatic rings. The number of hydrogen-bond acceptors (Lipinski definition) is 4. The van der Waals surface area contributed by atoms with E-state index in [1.807, 2.05) is 0 Å². The minimum absolute atomic E-state index is 0.314. The molecule has 5 nitrogen and oxygen atoms in total. The van der Waals surface area contributed by atoms with E-state index in [2.05, 4.69) is 11.9 Å². The van der Waals surface area contributed by atoms with Crippen LogP contribution >= 0.6 is 0 Å². The van der Waals surface area contributed by atoms with Crippen LogP contribution in [0.2, 0.25) is 0 Å². The zero-order valence-corrected chi connectivity index (χ0v) is 11.1. The summed E-state index contributed by atoms with van der Waals surface area (Å²) in [6, 6.07) is 0.314. The van der Waals surface area contributed by atoms with E-state index in [-0.39, 0.29) is 0 Å². The van der Waals surface area contributed by atoms with Gasteiger partial charge in [-0.1, -0.05) is 0 Å². The van der Waals surface area contributed by atoms with Crippen molar-refractivity contribution in [2.75, 3.05) is 26.8 Å². The molecule has 104 valence electrons. The van der Waals surface area contributed by atoms with E-state index in [1.54, 1.807) is 0 Å². The number of ether oxygens (including phenoxy) is 1. The van der Waals surface area contributed by atoms with Crippen molar-refractivity contribution in [2.45, 2.75) is 43.7 Å². The van der Waals surface area contributed by atoms with Crippen molar-refractivity contribution in [3.8, 4) is 0 Å². The quantitative estimate of drug-likeness (QED) is 0.773. The van der Waals surface area contributed by atoms with Crippen LogP contribution in [0, 0.1) is 5.92 Å². The minimum Gasteiger partial charge on any atom is -0.480 e. The Hall–Kier alpha value is -0.650. The van der Waals surface area contributed by atoms with Crippen LogP contribution in [0.1, 0.15) is 32.1 Å². The Bertz CT molecular complexity index is 305. The highest BCUT2D eigenvalue weighted by Crippen LogP contribution is 2.31. The smallest absolute Gasteiger partial charge is 0.323 e. The second kappa shape index (κ2) is 5.55. The van der Waals surface area contributed by atoms with Crippen molar-refractivity contribution in [1.82, 2.24) is 4.90 Å². The fourth-order valence-corrected chi connectivity index (χ4v) is 3.10. The van der Waals surface area contributed by atoms with Crippen LogP contribution in [0.25, 0.3) is 0 Å². The number of carbonyl (C=O) groups is 1. The summed E-state index contributed by atoms with van der Waals surface area (Å²) in [6.07, 6.45) is 4.28. The molecule has 0 aromatic carbocycles. The van der Waals surface area contributed by atoms with Crippen LogP contribution in [-0.2, 0) is 9.53 Å². The van der Waals surface area contributed by atoms with E-state index in [4.69, 9.17) is 15.6 Å². The molecular weight excluding hydrogens is 232 g/mol. The van der Waals surface area contributed by atoms with Gasteiger partial charge in [0.05, 0.1) is 0 Å². The van der Waals surface area contributed by atoms with Gasteiger partial charge >= 0.3 is 5.97 Å². The average molecular weight is 256 g/mol. The van der Waals surface area contributed by atoms with Crippen molar-refractivity contribution < 1.29 is 14.6 Å². The van der Waals surface area contributed by atoms with Gasteiger partial charge in [-0.25, -0.2) is 0 Å². The molecule has 0 aromatic heterocycles. The number of hydrogen-bond donors (Lipinski definition) is 2. The maximum Gasteiger partial charge on any atom is 0.323 e. The molecule has 0 bridgehead atoms. The molecule has 18 heavy (non-hydrogen) atoms. The molecule has 2 unspecified atom stereocenters. The number of carboxylic acids is 1. The normalized spacial score (nSPS) is 34.1. The first-order valence-electron chi connectivity index (χ1n) is 6.81. The van der Waals surface area contributed by atoms with Gasteiger partial charge < -0.3 is 20.5 Å². The van der Waals surface area contributed by atoms with Crippen LogP contribution in [0.15, 0.2) is 0 Å². The van der Waals surface area contributed by atoms with Gasteiger partial charge in [-0.3, -0.25) is 4.79 Å². The summed E-state index contributed by atoms with van der Waals surface area (Å²) in [5.74, 6) is -0.175. The molecule has 1 saturated heterocycles. The molecular formula is C13H24N2O3. The number of carboxylic acid groups (broad SMARTS) is 1. The third-order valence-electron chi connectivity index (χ3n) is 4.46. The number of nitrogens with zero attached hydrogens (tertiary/aromatic N) is 1. The fraction of sp³-hybridized carbons (Fsp3) is 0.923. The number of aliphatic carboxylic acids is 1. The number of nitrogens with two attached hydrogens (primary N) is 1. The lowest BCUT2D eigenvalue weighted by Crippen LogP contribution is -2.47. The first-order chi connectivity index (χ1) is 8.51. The maximum atomic E-state index is 11.1. The molecule has 3 N–H and O–H groups in total. The SMILES string of the molecule is CN(CC1CCOCC1)C1CCC(N)(C(=O)O)C1. The van der Waals surface area contributed by atoms with Gasteiger partial charge in [-0.05, 0) is 45.1 Å². The van der Waals surface area contributed by atoms with Crippen molar-refractivity contribution in [3.05, 3.63) is 0 Å². The van der Waals surface area contributed by atoms with Crippen LogP contribution < -0.4 is 5.73 Å². The van der Waals surface area contributed by atoms with Gasteiger partial charge in [0.1, 0.15) is 5.54 Å². The Balaban J connectivity index is 1.83. The molecule has 0 aromatic rings. The molecule has 5 heteroatoms. The van der Waals surface area contributed by atoms with Crippen molar-refractivity contribution in [1.29, 1.82) is 0 Å². The molecule has 0 spiro atoms. The topological polar surface area (TPSA) is 75.8 Å². The third kappa shape index (κ3) is 3.02. The summed E-state index contributed by atoms with van der Waals surface area (Å²) < 4.78 is 5.36. The standard InChI is InChI=1S/C13H24N2O3/c1-15(9-10-3-6-18-7-4-10)11-2-5-13(14,8-11)12(16)17/h10-11H,2-9,14H2,1H3,(H,16,17). The first-order valence-corrected chi connectivity index (χ1v) is 6.81. The molecule has 0 amide bonds. The van der Waals surface area contributed by atoms with Gasteiger partial charge in [-0.15, -0.1) is 0 Å². The summed E-state index contributed by atoms with van der Waals surface area (Å²) in [4.78, 5) is 13.4. The lowest BCUT2D eigenvalue weighted by Gasteiger charge is -2.31. The second-order valence-electron chi connectivity index (χ2n) is 5.85. The molecule has 1 heterocycles. The van der Waals surface area contributed by atoms with Crippen molar-refractivity contribution in [3.63, 3.8) is 0 Å². The third-order valence-corrected chi connectivity index (χ3v) is 4.46. The predicted octanol–water partition coefficient (Wildman–Crippen LogP) is 0.679. The van der Waals surface area contributed by atoms with Crippen LogP contribution in [-0.4, -0.2) is 54.4 Å². The molecule has 2 atom stereocenters. The summed E-state index contributed by atoms with van der Waals surface area (Å²) >= 11 is 0. The molecule has 1 saturated carbocycles. The lowest BCUT2D eigenvalue weighted by molar-refractivity contribution is -0.143. The Kier molecular flexibility index (Phi) is 4.25. The Morgan fingerprint density at radius 2 is 2.11 bits per heavy atom. The van der Waals surface area contributed by atoms with E-state index in [9.17, 15) is 4.79 Å². The van der Waals surface area contributed by atoms with Crippen molar-refractivity contribution >= 4 is 5.97 Å². The highest BCUT2D eigenvalue weighted by Gasteiger charge is 2.43. The summed E-state index contributed by atoms with van der Waals surface area (Å²) in [5.41, 5.74) is 4.91. The van der Waals surface area contributed by atoms with Gasteiger partial charge in [0, 0.05) is 25.8 Å². The summed E-state index contributed by atoms with van der Waals surface area (Å²) in [7, 11) is 2.09. The fourth-order valence-electron chi connectivity index (χ4n) is 3.10. The van der Waals surface area contributed by atoms with Crippen LogP contribution in [0.5, 0.6) is 0 Å². The van der Waals surface area contributed by atoms with Gasteiger partial charge in [0.2, 0.25) is 0 Å². The Morgan fingerprint density at radius 1 is 1.44 bits per heavy atom. The molecule has 1 aliphatic carbocycles. The summed E-state index contributed by atoms with van der Waals surface area (Å²) in [5, 5.41) is 9.13. The minimum atomic E-state index is -1.01. The second-order valence-corrected chi connectivity index (χ2v) is 5.85. The van der Waals surface area contributed by atoms with E-state index in [1.165, 1.54) is 0 Å². The largest absolute Gasteiger partial charge is 0.480 e. The molecule has 2 fully saturated rings. The van der Waals surface area contributed by atoms with Gasteiger partial charge in [0.25, 0.3) is 0 Å². The van der Waals surface area contributed by atoms with Gasteiger partial charge in [-0.2, -0.15) is 0 Å². The molecule has 1 aliphatic heterocycles. The Morgan fingerprint density at radius 3 is 2.67 bits per heavy atom. The van der Waals surface area contributed by atoms with Gasteiger partial charge in [0.15, 0.2) is 0 Å². The van der Waals surface area contributed by atoms with Crippen molar-refractivity contribution in [2.24, 2.45) is 11.7 Å². The lowest BCUT2D eigenvalue weighted by atomic mass is 9.97. The average Bonchev–Trinajstić information content (AvgIpc) is 2.75. The van der Waals surface area contributed by atoms with E-state index < -0.39 is 11.5 Å². The molecule has 0 radical (unpaired) electrons. The summed E-state index contributed by atoms with van der Waals surface area (Å²) in [6.45, 7) is 2.75. The van der Waals surface area contributed by atoms with Crippen LogP contribution in [0.3, 0.4) is 0 Å². The van der Waals surface area contributed by atoms with E-state index in [0.717, 1.165) is 39.0 Å². The Labute approximate surface area is 108 Å². The van der Waals surface area contributed by atoms with E-state index >= 15 is 0 Å². The maximum absolute atomic E-state index is 11.1. The van der Waals surface area contributed by atoms with Crippen LogP contribution in [0.4, 0.5) is 0 Å².